The van der Waals surface area contributed by atoms with Crippen molar-refractivity contribution in [3.63, 3.8) is 0 Å². The van der Waals surface area contributed by atoms with E-state index in [4.69, 9.17) is 0 Å². The van der Waals surface area contributed by atoms with Gasteiger partial charge in [0, 0.05) is 24.7 Å². The molecule has 0 radical (unpaired) electrons. The number of hydrogen-bond donors (Lipinski definition) is 1. The Hall–Kier alpha value is -2.72. The molecule has 4 rings (SSSR count). The van der Waals surface area contributed by atoms with Gasteiger partial charge in [-0.25, -0.2) is 0 Å². The first-order valence-electron chi connectivity index (χ1n) is 10.7. The molecule has 0 atom stereocenters. The van der Waals surface area contributed by atoms with Crippen LogP contribution in [0.4, 0.5) is 0 Å². The van der Waals surface area contributed by atoms with E-state index in [9.17, 15) is 4.79 Å². The molecule has 0 spiro atoms. The summed E-state index contributed by atoms with van der Waals surface area (Å²) in [4.78, 5) is 19.3. The normalized spacial score (nSPS) is 15.4. The molecule has 29 heavy (non-hydrogen) atoms. The van der Waals surface area contributed by atoms with E-state index in [2.05, 4.69) is 45.5 Å². The molecule has 2 heterocycles. The summed E-state index contributed by atoms with van der Waals surface area (Å²) in [6, 6.07) is 20.6. The SMILES string of the molecule is O=C(NCCN1CCC(CCc2ccccc2)CC1)c1cnc2ccccc2c1. The number of piperidine rings is 1. The quantitative estimate of drug-likeness (QED) is 0.657. The summed E-state index contributed by atoms with van der Waals surface area (Å²) < 4.78 is 0. The predicted octanol–water partition coefficient (Wildman–Crippen LogP) is 4.31. The van der Waals surface area contributed by atoms with Gasteiger partial charge in [0.05, 0.1) is 11.1 Å². The number of para-hydroxylation sites is 1. The van der Waals surface area contributed by atoms with Crippen molar-refractivity contribution in [2.24, 2.45) is 5.92 Å². The zero-order valence-electron chi connectivity index (χ0n) is 16.9. The van der Waals surface area contributed by atoms with Gasteiger partial charge in [-0.2, -0.15) is 0 Å². The third-order valence-electron chi connectivity index (χ3n) is 5.96. The van der Waals surface area contributed by atoms with Gasteiger partial charge in [-0.3, -0.25) is 9.78 Å². The molecule has 0 aliphatic carbocycles. The second-order valence-corrected chi connectivity index (χ2v) is 7.98. The van der Waals surface area contributed by atoms with Crippen LogP contribution in [-0.2, 0) is 6.42 Å². The number of rotatable bonds is 7. The van der Waals surface area contributed by atoms with Crippen molar-refractivity contribution < 1.29 is 4.79 Å². The van der Waals surface area contributed by atoms with Crippen LogP contribution in [0.2, 0.25) is 0 Å². The highest BCUT2D eigenvalue weighted by atomic mass is 16.1. The number of amides is 1. The Morgan fingerprint density at radius 3 is 2.62 bits per heavy atom. The van der Waals surface area contributed by atoms with E-state index < -0.39 is 0 Å². The number of aromatic nitrogens is 1. The van der Waals surface area contributed by atoms with Gasteiger partial charge < -0.3 is 10.2 Å². The molecule has 2 aromatic carbocycles. The van der Waals surface area contributed by atoms with Gasteiger partial charge in [-0.05, 0) is 62.4 Å². The zero-order valence-corrected chi connectivity index (χ0v) is 16.9. The van der Waals surface area contributed by atoms with Crippen LogP contribution in [0.5, 0.6) is 0 Å². The van der Waals surface area contributed by atoms with Gasteiger partial charge in [0.25, 0.3) is 5.91 Å². The number of likely N-dealkylation sites (tertiary alicyclic amines) is 1. The molecule has 1 saturated heterocycles. The monoisotopic (exact) mass is 387 g/mol. The van der Waals surface area contributed by atoms with Crippen LogP contribution in [0.1, 0.15) is 35.2 Å². The molecule has 4 heteroatoms. The van der Waals surface area contributed by atoms with E-state index in [0.717, 1.165) is 36.5 Å². The lowest BCUT2D eigenvalue weighted by Gasteiger charge is -2.32. The number of nitrogens with one attached hydrogen (secondary N) is 1. The lowest BCUT2D eigenvalue weighted by Crippen LogP contribution is -2.39. The van der Waals surface area contributed by atoms with Crippen molar-refractivity contribution in [2.75, 3.05) is 26.2 Å². The molecule has 1 amide bonds. The molecule has 0 bridgehead atoms. The van der Waals surface area contributed by atoms with Crippen LogP contribution < -0.4 is 5.32 Å². The molecule has 0 unspecified atom stereocenters. The number of fused-ring (bicyclic) bond motifs is 1. The van der Waals surface area contributed by atoms with Gasteiger partial charge in [0.15, 0.2) is 0 Å². The molecule has 1 aliphatic heterocycles. The molecule has 1 aliphatic rings. The minimum atomic E-state index is -0.0407. The number of pyridine rings is 1. The summed E-state index contributed by atoms with van der Waals surface area (Å²) in [6.45, 7) is 3.86. The third kappa shape index (κ3) is 5.42. The van der Waals surface area contributed by atoms with Crippen LogP contribution >= 0.6 is 0 Å². The first-order valence-corrected chi connectivity index (χ1v) is 10.7. The van der Waals surface area contributed by atoms with E-state index in [-0.39, 0.29) is 5.91 Å². The smallest absolute Gasteiger partial charge is 0.252 e. The third-order valence-corrected chi connectivity index (χ3v) is 5.96. The van der Waals surface area contributed by atoms with E-state index >= 15 is 0 Å². The highest BCUT2D eigenvalue weighted by molar-refractivity contribution is 5.97. The van der Waals surface area contributed by atoms with Crippen molar-refractivity contribution in [3.8, 4) is 0 Å². The van der Waals surface area contributed by atoms with Crippen LogP contribution in [-0.4, -0.2) is 42.0 Å². The highest BCUT2D eigenvalue weighted by Crippen LogP contribution is 2.22. The molecule has 4 nitrogen and oxygen atoms in total. The number of carbonyl (C=O) groups excluding carboxylic acids is 1. The molecule has 3 aromatic rings. The van der Waals surface area contributed by atoms with Gasteiger partial charge >= 0.3 is 0 Å². The van der Waals surface area contributed by atoms with Crippen molar-refractivity contribution in [1.29, 1.82) is 0 Å². The van der Waals surface area contributed by atoms with Gasteiger partial charge in [-0.1, -0.05) is 48.5 Å². The Bertz CT molecular complexity index is 933. The Morgan fingerprint density at radius 1 is 1.03 bits per heavy atom. The summed E-state index contributed by atoms with van der Waals surface area (Å²) in [7, 11) is 0. The summed E-state index contributed by atoms with van der Waals surface area (Å²) in [5.41, 5.74) is 2.99. The maximum atomic E-state index is 12.4. The van der Waals surface area contributed by atoms with E-state index in [1.54, 1.807) is 6.20 Å². The Balaban J connectivity index is 1.17. The van der Waals surface area contributed by atoms with Crippen LogP contribution in [0, 0.1) is 5.92 Å². The topological polar surface area (TPSA) is 45.2 Å². The highest BCUT2D eigenvalue weighted by Gasteiger charge is 2.19. The Kier molecular flexibility index (Phi) is 6.52. The fourth-order valence-electron chi connectivity index (χ4n) is 4.14. The lowest BCUT2D eigenvalue weighted by molar-refractivity contribution is 0.0943. The minimum absolute atomic E-state index is 0.0407. The standard InChI is InChI=1S/C25H29N3O/c29-25(23-18-22-8-4-5-9-24(22)27-19-23)26-14-17-28-15-12-21(13-16-28)11-10-20-6-2-1-3-7-20/h1-9,18-19,21H,10-17H2,(H,26,29). The number of nitrogens with zero attached hydrogens (tertiary/aromatic N) is 2. The molecule has 1 N–H and O–H groups in total. The van der Waals surface area contributed by atoms with Crippen LogP contribution in [0.3, 0.4) is 0 Å². The van der Waals surface area contributed by atoms with Crippen molar-refractivity contribution in [3.05, 3.63) is 78.0 Å². The lowest BCUT2D eigenvalue weighted by atomic mass is 9.90. The largest absolute Gasteiger partial charge is 0.351 e. The minimum Gasteiger partial charge on any atom is -0.351 e. The maximum Gasteiger partial charge on any atom is 0.252 e. The van der Waals surface area contributed by atoms with E-state index in [1.807, 2.05) is 30.3 Å². The van der Waals surface area contributed by atoms with Crippen molar-refractivity contribution in [2.45, 2.75) is 25.7 Å². The average Bonchev–Trinajstić information content (AvgIpc) is 2.79. The number of hydrogen-bond acceptors (Lipinski definition) is 3. The first kappa shape index (κ1) is 19.6. The van der Waals surface area contributed by atoms with Gasteiger partial charge in [0.2, 0.25) is 0 Å². The molecule has 1 aromatic heterocycles. The van der Waals surface area contributed by atoms with Crippen LogP contribution in [0.15, 0.2) is 66.9 Å². The molecular formula is C25H29N3O. The predicted molar refractivity (Wildman–Crippen MR) is 118 cm³/mol. The fraction of sp³-hybridized carbons (Fsp3) is 0.360. The van der Waals surface area contributed by atoms with Crippen molar-refractivity contribution >= 4 is 16.8 Å². The maximum absolute atomic E-state index is 12.4. The van der Waals surface area contributed by atoms with Crippen LogP contribution in [0.25, 0.3) is 10.9 Å². The summed E-state index contributed by atoms with van der Waals surface area (Å²) in [5, 5.41) is 4.05. The Morgan fingerprint density at radius 2 is 1.79 bits per heavy atom. The fourth-order valence-corrected chi connectivity index (χ4v) is 4.14. The second kappa shape index (κ2) is 9.66. The molecular weight excluding hydrogens is 358 g/mol. The molecule has 1 fully saturated rings. The molecule has 150 valence electrons. The number of carbonyl (C=O) groups is 1. The summed E-state index contributed by atoms with van der Waals surface area (Å²) >= 11 is 0. The summed E-state index contributed by atoms with van der Waals surface area (Å²) in [6.07, 6.45) is 6.64. The van der Waals surface area contributed by atoms with E-state index in [0.29, 0.717) is 12.1 Å². The van der Waals surface area contributed by atoms with Gasteiger partial charge in [-0.15, -0.1) is 0 Å². The first-order chi connectivity index (χ1) is 14.3. The zero-order chi connectivity index (χ0) is 19.9. The average molecular weight is 388 g/mol. The number of benzene rings is 2. The van der Waals surface area contributed by atoms with Gasteiger partial charge in [0.1, 0.15) is 0 Å². The van der Waals surface area contributed by atoms with Crippen molar-refractivity contribution in [1.82, 2.24) is 15.2 Å². The molecule has 0 saturated carbocycles. The number of aryl methyl sites for hydroxylation is 1. The second-order valence-electron chi connectivity index (χ2n) is 7.98. The summed E-state index contributed by atoms with van der Waals surface area (Å²) in [5.74, 6) is 0.783. The Labute approximate surface area is 173 Å². The van der Waals surface area contributed by atoms with E-state index in [1.165, 1.54) is 31.2 Å².